The molecule has 1 aliphatic rings. The van der Waals surface area contributed by atoms with E-state index in [4.69, 9.17) is 0 Å². The van der Waals surface area contributed by atoms with Crippen LogP contribution in [0.25, 0.3) is 10.9 Å². The van der Waals surface area contributed by atoms with Crippen molar-refractivity contribution >= 4 is 16.7 Å². The van der Waals surface area contributed by atoms with Gasteiger partial charge in [-0.15, -0.1) is 0 Å². The largest absolute Gasteiger partial charge is 0.362 e. The summed E-state index contributed by atoms with van der Waals surface area (Å²) in [6.45, 7) is 11.3. The minimum Gasteiger partial charge on any atom is -0.362 e. The highest BCUT2D eigenvalue weighted by Crippen LogP contribution is 2.30. The summed E-state index contributed by atoms with van der Waals surface area (Å²) in [6.07, 6.45) is 9.79. The fourth-order valence-electron chi connectivity index (χ4n) is 5.47. The Hall–Kier alpha value is -2.46. The number of aryl methyl sites for hydroxylation is 1. The first-order valence-corrected chi connectivity index (χ1v) is 14.5. The van der Waals surface area contributed by atoms with Crippen LogP contribution >= 0.6 is 0 Å². The lowest BCUT2D eigenvalue weighted by molar-refractivity contribution is 0.261. The second-order valence-corrected chi connectivity index (χ2v) is 11.5. The molecule has 1 saturated carbocycles. The maximum absolute atomic E-state index is 4.42. The van der Waals surface area contributed by atoms with Gasteiger partial charge in [0, 0.05) is 26.0 Å². The van der Waals surface area contributed by atoms with Crippen LogP contribution in [0.15, 0.2) is 54.6 Å². The Bertz CT molecular complexity index is 1040. The minimum absolute atomic E-state index is 0.672. The molecule has 1 heterocycles. The Morgan fingerprint density at radius 2 is 1.51 bits per heavy atom. The van der Waals surface area contributed by atoms with Crippen LogP contribution in [-0.4, -0.2) is 37.2 Å². The van der Waals surface area contributed by atoms with E-state index in [0.29, 0.717) is 5.92 Å². The minimum atomic E-state index is 0.672. The smallest absolute Gasteiger partial charge is 0.139 e. The highest BCUT2D eigenvalue weighted by molar-refractivity contribution is 5.89. The van der Waals surface area contributed by atoms with E-state index < -0.39 is 0 Å². The van der Waals surface area contributed by atoms with Crippen LogP contribution in [0.3, 0.4) is 0 Å². The molecule has 4 heteroatoms. The lowest BCUT2D eigenvalue weighted by Gasteiger charge is -2.28. The van der Waals surface area contributed by atoms with Gasteiger partial charge in [0.15, 0.2) is 0 Å². The highest BCUT2D eigenvalue weighted by atomic mass is 15.1. The summed E-state index contributed by atoms with van der Waals surface area (Å²) < 4.78 is 0. The van der Waals surface area contributed by atoms with Crippen LogP contribution in [0.1, 0.15) is 83.0 Å². The van der Waals surface area contributed by atoms with E-state index in [1.54, 1.807) is 0 Å². The molecule has 37 heavy (non-hydrogen) atoms. The number of aromatic nitrogens is 2. The molecule has 1 aromatic heterocycles. The third-order valence-electron chi connectivity index (χ3n) is 7.85. The molecule has 4 nitrogen and oxygen atoms in total. The molecule has 1 aliphatic carbocycles. The fourth-order valence-corrected chi connectivity index (χ4v) is 5.47. The Balaban J connectivity index is 0.000000231. The zero-order valence-electron chi connectivity index (χ0n) is 24.2. The summed E-state index contributed by atoms with van der Waals surface area (Å²) in [5, 5.41) is 4.91. The number of hydrogen-bond donors (Lipinski definition) is 1. The molecule has 0 radical (unpaired) electrons. The van der Waals surface area contributed by atoms with E-state index in [-0.39, 0.29) is 0 Å². The number of hydrogen-bond acceptors (Lipinski definition) is 4. The third kappa shape index (κ3) is 9.41. The Labute approximate surface area is 226 Å². The molecule has 0 saturated heterocycles. The van der Waals surface area contributed by atoms with Crippen molar-refractivity contribution in [3.8, 4) is 0 Å². The van der Waals surface area contributed by atoms with E-state index in [2.05, 4.69) is 66.4 Å². The van der Waals surface area contributed by atoms with Crippen LogP contribution in [0.4, 0.5) is 5.82 Å². The number of para-hydroxylation sites is 1. The molecule has 2 aromatic carbocycles. The van der Waals surface area contributed by atoms with Crippen LogP contribution in [0, 0.1) is 24.7 Å². The second-order valence-electron chi connectivity index (χ2n) is 11.5. The Morgan fingerprint density at radius 1 is 0.865 bits per heavy atom. The van der Waals surface area contributed by atoms with E-state index in [1.165, 1.54) is 57.1 Å². The normalized spacial score (nSPS) is 18.4. The van der Waals surface area contributed by atoms with Crippen molar-refractivity contribution in [3.05, 3.63) is 66.0 Å². The lowest BCUT2D eigenvalue weighted by Crippen LogP contribution is -2.29. The monoisotopic (exact) mass is 502 g/mol. The second kappa shape index (κ2) is 15.1. The molecule has 0 aliphatic heterocycles. The molecule has 202 valence electrons. The number of anilines is 1. The van der Waals surface area contributed by atoms with Crippen molar-refractivity contribution in [2.24, 2.45) is 17.8 Å². The predicted octanol–water partition coefficient (Wildman–Crippen LogP) is 8.02. The van der Waals surface area contributed by atoms with E-state index in [9.17, 15) is 0 Å². The van der Waals surface area contributed by atoms with Gasteiger partial charge in [-0.1, -0.05) is 88.9 Å². The van der Waals surface area contributed by atoms with Crippen molar-refractivity contribution in [1.29, 1.82) is 0 Å². The van der Waals surface area contributed by atoms with Gasteiger partial charge in [0.05, 0.1) is 5.52 Å². The summed E-state index contributed by atoms with van der Waals surface area (Å²) in [6, 6.07) is 19.2. The number of rotatable bonds is 10. The molecule has 1 N–H and O–H groups in total. The van der Waals surface area contributed by atoms with Gasteiger partial charge in [0.25, 0.3) is 0 Å². The summed E-state index contributed by atoms with van der Waals surface area (Å²) in [5.41, 5.74) is 2.51. The zero-order valence-corrected chi connectivity index (χ0v) is 24.2. The quantitative estimate of drug-likeness (QED) is 0.305. The van der Waals surface area contributed by atoms with Crippen LogP contribution in [-0.2, 0) is 0 Å². The molecule has 1 fully saturated rings. The maximum atomic E-state index is 4.42. The summed E-state index contributed by atoms with van der Waals surface area (Å²) >= 11 is 0. The third-order valence-corrected chi connectivity index (χ3v) is 7.85. The SMILES string of the molecule is CCC1CCC(CNCC(CCC(C)C)c2ccccc2)CC1.Cc1nc(N(C)C)c2ccccc2n1. The van der Waals surface area contributed by atoms with Gasteiger partial charge < -0.3 is 10.2 Å². The van der Waals surface area contributed by atoms with Gasteiger partial charge in [-0.05, 0) is 74.1 Å². The zero-order chi connectivity index (χ0) is 26.6. The van der Waals surface area contributed by atoms with Crippen molar-refractivity contribution < 1.29 is 0 Å². The molecular formula is C33H50N4. The van der Waals surface area contributed by atoms with Crippen molar-refractivity contribution in [2.45, 2.75) is 78.6 Å². The topological polar surface area (TPSA) is 41.1 Å². The van der Waals surface area contributed by atoms with Crippen LogP contribution in [0.2, 0.25) is 0 Å². The Kier molecular flexibility index (Phi) is 11.9. The van der Waals surface area contributed by atoms with Crippen LogP contribution < -0.4 is 10.2 Å². The average Bonchev–Trinajstić information content (AvgIpc) is 2.91. The molecule has 1 atom stereocenters. The first-order valence-electron chi connectivity index (χ1n) is 14.5. The average molecular weight is 503 g/mol. The molecule has 1 unspecified atom stereocenters. The van der Waals surface area contributed by atoms with E-state index >= 15 is 0 Å². The van der Waals surface area contributed by atoms with Gasteiger partial charge in [-0.3, -0.25) is 0 Å². The van der Waals surface area contributed by atoms with E-state index in [0.717, 1.165) is 46.8 Å². The van der Waals surface area contributed by atoms with Gasteiger partial charge in [0.2, 0.25) is 0 Å². The number of nitrogens with zero attached hydrogens (tertiary/aromatic N) is 3. The molecule has 0 bridgehead atoms. The van der Waals surface area contributed by atoms with E-state index in [1.807, 2.05) is 50.2 Å². The number of nitrogens with one attached hydrogen (secondary N) is 1. The molecule has 3 aromatic rings. The van der Waals surface area contributed by atoms with Crippen molar-refractivity contribution in [3.63, 3.8) is 0 Å². The molecule has 4 rings (SSSR count). The fraction of sp³-hybridized carbons (Fsp3) is 0.576. The molecule has 0 amide bonds. The summed E-state index contributed by atoms with van der Waals surface area (Å²) in [5.74, 6) is 5.19. The number of fused-ring (bicyclic) bond motifs is 1. The Morgan fingerprint density at radius 3 is 2.16 bits per heavy atom. The van der Waals surface area contributed by atoms with Crippen molar-refractivity contribution in [2.75, 3.05) is 32.1 Å². The number of benzene rings is 2. The van der Waals surface area contributed by atoms with Gasteiger partial charge >= 0.3 is 0 Å². The maximum Gasteiger partial charge on any atom is 0.139 e. The highest BCUT2D eigenvalue weighted by Gasteiger charge is 2.20. The lowest BCUT2D eigenvalue weighted by atomic mass is 9.81. The van der Waals surface area contributed by atoms with Gasteiger partial charge in [0.1, 0.15) is 11.6 Å². The standard InChI is InChI=1S/C22H37N.C11H13N3/c1-4-19-11-13-20(14-12-19)16-23-17-22(15-10-18(2)3)21-8-6-5-7-9-21;1-8-12-10-7-5-4-6-9(10)11(13-8)14(2)3/h5-9,18-20,22-23H,4,10-17H2,1-3H3;4-7H,1-3H3. The first-order chi connectivity index (χ1) is 17.9. The van der Waals surface area contributed by atoms with Crippen molar-refractivity contribution in [1.82, 2.24) is 15.3 Å². The summed E-state index contributed by atoms with van der Waals surface area (Å²) in [7, 11) is 3.99. The van der Waals surface area contributed by atoms with Gasteiger partial charge in [-0.2, -0.15) is 0 Å². The first kappa shape index (κ1) is 29.1. The summed E-state index contributed by atoms with van der Waals surface area (Å²) in [4.78, 5) is 10.8. The molecular weight excluding hydrogens is 452 g/mol. The van der Waals surface area contributed by atoms with Crippen LogP contribution in [0.5, 0.6) is 0 Å². The predicted molar refractivity (Wildman–Crippen MR) is 160 cm³/mol. The molecule has 0 spiro atoms. The van der Waals surface area contributed by atoms with Gasteiger partial charge in [-0.25, -0.2) is 9.97 Å².